The van der Waals surface area contributed by atoms with Crippen LogP contribution in [-0.2, 0) is 16.1 Å². The Morgan fingerprint density at radius 2 is 1.77 bits per heavy atom. The fourth-order valence-corrected chi connectivity index (χ4v) is 6.46. The molecule has 2 saturated heterocycles. The van der Waals surface area contributed by atoms with Crippen molar-refractivity contribution in [2.75, 3.05) is 32.7 Å². The summed E-state index contributed by atoms with van der Waals surface area (Å²) in [5, 5.41) is 2.89. The van der Waals surface area contributed by atoms with Gasteiger partial charge in [0.05, 0.1) is 0 Å². The number of rotatable bonds is 7. The van der Waals surface area contributed by atoms with Crippen LogP contribution in [0.2, 0.25) is 0 Å². The third kappa shape index (κ3) is 4.97. The number of carbonyl (C=O) groups is 3. The average Bonchev–Trinajstić information content (AvgIpc) is 3.57. The molecule has 1 aliphatic carbocycles. The Morgan fingerprint density at radius 3 is 2.51 bits per heavy atom. The summed E-state index contributed by atoms with van der Waals surface area (Å²) in [6.45, 7) is 3.98. The third-order valence-electron chi connectivity index (χ3n) is 7.38. The summed E-state index contributed by atoms with van der Waals surface area (Å²) in [6, 6.07) is 10.5. The molecule has 1 N–H and O–H groups in total. The van der Waals surface area contributed by atoms with E-state index < -0.39 is 5.54 Å². The van der Waals surface area contributed by atoms with Gasteiger partial charge in [-0.15, -0.1) is 11.3 Å². The molecule has 2 aliphatic heterocycles. The zero-order chi connectivity index (χ0) is 24.4. The van der Waals surface area contributed by atoms with Gasteiger partial charge in [-0.05, 0) is 37.5 Å². The summed E-state index contributed by atoms with van der Waals surface area (Å²) in [5.41, 5.74) is -0.0542. The SMILES string of the molecule is O=C(CCCN1C(=O)NC2(CCCC2)C1=O)N1CCN(Cc2ccc(-c3ccccc3F)s2)CC1. The minimum atomic E-state index is -0.685. The summed E-state index contributed by atoms with van der Waals surface area (Å²) in [5.74, 6) is -0.251. The molecule has 35 heavy (non-hydrogen) atoms. The highest BCUT2D eigenvalue weighted by Crippen LogP contribution is 2.35. The van der Waals surface area contributed by atoms with Crippen molar-refractivity contribution in [1.29, 1.82) is 0 Å². The number of hydrogen-bond donors (Lipinski definition) is 1. The van der Waals surface area contributed by atoms with E-state index in [9.17, 15) is 18.8 Å². The van der Waals surface area contributed by atoms with Crippen molar-refractivity contribution < 1.29 is 18.8 Å². The largest absolute Gasteiger partial charge is 0.340 e. The molecule has 1 spiro atoms. The molecule has 0 bridgehead atoms. The number of piperazine rings is 1. The molecule has 1 aromatic heterocycles. The number of urea groups is 1. The zero-order valence-electron chi connectivity index (χ0n) is 19.8. The molecular formula is C26H31FN4O3S. The van der Waals surface area contributed by atoms with E-state index in [-0.39, 0.29) is 23.7 Å². The lowest BCUT2D eigenvalue weighted by atomic mass is 9.98. The summed E-state index contributed by atoms with van der Waals surface area (Å²) < 4.78 is 14.1. The van der Waals surface area contributed by atoms with Gasteiger partial charge in [0.1, 0.15) is 11.4 Å². The number of amides is 4. The van der Waals surface area contributed by atoms with Crippen LogP contribution in [0.3, 0.4) is 0 Å². The first kappa shape index (κ1) is 23.9. The Hall–Kier alpha value is -2.78. The van der Waals surface area contributed by atoms with Crippen LogP contribution in [0.1, 0.15) is 43.4 Å². The fraction of sp³-hybridized carbons (Fsp3) is 0.500. The number of hydrogen-bond acceptors (Lipinski definition) is 5. The maximum Gasteiger partial charge on any atom is 0.325 e. The molecule has 7 nitrogen and oxygen atoms in total. The first-order valence-electron chi connectivity index (χ1n) is 12.4. The van der Waals surface area contributed by atoms with Crippen molar-refractivity contribution in [3.8, 4) is 10.4 Å². The van der Waals surface area contributed by atoms with Crippen molar-refractivity contribution in [2.45, 2.75) is 50.6 Å². The number of carbonyl (C=O) groups excluding carboxylic acids is 3. The van der Waals surface area contributed by atoms with Crippen molar-refractivity contribution in [3.05, 3.63) is 47.1 Å². The van der Waals surface area contributed by atoms with Crippen LogP contribution >= 0.6 is 11.3 Å². The van der Waals surface area contributed by atoms with Crippen molar-refractivity contribution in [2.24, 2.45) is 0 Å². The summed E-state index contributed by atoms with van der Waals surface area (Å²) in [7, 11) is 0. The van der Waals surface area contributed by atoms with Gasteiger partial charge in [0.15, 0.2) is 0 Å². The maximum absolute atomic E-state index is 14.1. The normalized spacial score (nSPS) is 20.1. The molecule has 2 aromatic rings. The van der Waals surface area contributed by atoms with E-state index in [1.807, 2.05) is 17.0 Å². The van der Waals surface area contributed by atoms with Gasteiger partial charge in [0.2, 0.25) is 5.91 Å². The number of thiophene rings is 1. The van der Waals surface area contributed by atoms with E-state index in [1.165, 1.54) is 15.8 Å². The van der Waals surface area contributed by atoms with Crippen LogP contribution in [0, 0.1) is 5.82 Å². The number of nitrogens with zero attached hydrogens (tertiary/aromatic N) is 3. The Labute approximate surface area is 208 Å². The molecule has 0 atom stereocenters. The first-order valence-corrected chi connectivity index (χ1v) is 13.2. The van der Waals surface area contributed by atoms with Gasteiger partial charge >= 0.3 is 6.03 Å². The summed E-state index contributed by atoms with van der Waals surface area (Å²) >= 11 is 1.60. The van der Waals surface area contributed by atoms with Crippen LogP contribution in [-0.4, -0.2) is 70.8 Å². The highest BCUT2D eigenvalue weighted by molar-refractivity contribution is 7.15. The van der Waals surface area contributed by atoms with Gasteiger partial charge in [-0.25, -0.2) is 9.18 Å². The Kier molecular flexibility index (Phi) is 6.88. The highest BCUT2D eigenvalue weighted by atomic mass is 32.1. The van der Waals surface area contributed by atoms with E-state index in [0.29, 0.717) is 50.9 Å². The van der Waals surface area contributed by atoms with E-state index in [2.05, 4.69) is 16.3 Å². The molecule has 3 fully saturated rings. The van der Waals surface area contributed by atoms with Crippen LogP contribution in [0.5, 0.6) is 0 Å². The second-order valence-electron chi connectivity index (χ2n) is 9.68. The number of benzene rings is 1. The zero-order valence-corrected chi connectivity index (χ0v) is 20.6. The molecule has 0 unspecified atom stereocenters. The topological polar surface area (TPSA) is 73.0 Å². The minimum Gasteiger partial charge on any atom is -0.340 e. The molecule has 1 saturated carbocycles. The lowest BCUT2D eigenvalue weighted by Gasteiger charge is -2.34. The standard InChI is InChI=1S/C26H31FN4O3S/c27-21-7-2-1-6-20(21)22-10-9-19(35-22)18-29-14-16-30(17-15-29)23(32)8-5-13-31-24(33)26(28-25(31)34)11-3-4-12-26/h1-2,6-7,9-10H,3-5,8,11-18H2,(H,28,34). The van der Waals surface area contributed by atoms with Gasteiger partial charge < -0.3 is 10.2 Å². The lowest BCUT2D eigenvalue weighted by Crippen LogP contribution is -2.48. The van der Waals surface area contributed by atoms with Crippen LogP contribution < -0.4 is 5.32 Å². The average molecular weight is 499 g/mol. The van der Waals surface area contributed by atoms with Gasteiger partial charge in [-0.1, -0.05) is 31.0 Å². The first-order chi connectivity index (χ1) is 16.9. The second-order valence-corrected chi connectivity index (χ2v) is 10.9. The molecule has 3 heterocycles. The Balaban J connectivity index is 1.05. The molecule has 0 radical (unpaired) electrons. The van der Waals surface area contributed by atoms with Crippen molar-refractivity contribution in [1.82, 2.24) is 20.0 Å². The van der Waals surface area contributed by atoms with E-state index in [1.54, 1.807) is 23.5 Å². The van der Waals surface area contributed by atoms with Gasteiger partial charge in [0, 0.05) is 61.0 Å². The summed E-state index contributed by atoms with van der Waals surface area (Å²) in [4.78, 5) is 45.3. The smallest absolute Gasteiger partial charge is 0.325 e. The molecule has 9 heteroatoms. The molecule has 1 aromatic carbocycles. The van der Waals surface area contributed by atoms with Crippen LogP contribution in [0.4, 0.5) is 9.18 Å². The second kappa shape index (κ2) is 10.1. The minimum absolute atomic E-state index is 0.0743. The maximum atomic E-state index is 14.1. The number of nitrogens with one attached hydrogen (secondary N) is 1. The van der Waals surface area contributed by atoms with E-state index >= 15 is 0 Å². The van der Waals surface area contributed by atoms with Crippen molar-refractivity contribution in [3.63, 3.8) is 0 Å². The van der Waals surface area contributed by atoms with Gasteiger partial charge in [-0.3, -0.25) is 19.4 Å². The van der Waals surface area contributed by atoms with Crippen LogP contribution in [0.15, 0.2) is 36.4 Å². The van der Waals surface area contributed by atoms with Crippen LogP contribution in [0.25, 0.3) is 10.4 Å². The quantitative estimate of drug-likeness (QED) is 0.589. The predicted octanol–water partition coefficient (Wildman–Crippen LogP) is 3.84. The number of halogens is 1. The van der Waals surface area contributed by atoms with E-state index in [0.717, 1.165) is 37.4 Å². The molecule has 4 amide bonds. The summed E-state index contributed by atoms with van der Waals surface area (Å²) in [6.07, 6.45) is 4.18. The van der Waals surface area contributed by atoms with Gasteiger partial charge in [-0.2, -0.15) is 0 Å². The molecule has 5 rings (SSSR count). The highest BCUT2D eigenvalue weighted by Gasteiger charge is 2.52. The monoisotopic (exact) mass is 498 g/mol. The number of imide groups is 1. The Morgan fingerprint density at radius 1 is 1.03 bits per heavy atom. The third-order valence-corrected chi connectivity index (χ3v) is 8.48. The van der Waals surface area contributed by atoms with Crippen molar-refractivity contribution >= 4 is 29.2 Å². The van der Waals surface area contributed by atoms with Gasteiger partial charge in [0.25, 0.3) is 5.91 Å². The molecule has 3 aliphatic rings. The van der Waals surface area contributed by atoms with E-state index in [4.69, 9.17) is 0 Å². The fourth-order valence-electron chi connectivity index (χ4n) is 5.39. The Bertz CT molecular complexity index is 1110. The predicted molar refractivity (Wildman–Crippen MR) is 132 cm³/mol. The molecular weight excluding hydrogens is 467 g/mol. The molecule has 186 valence electrons. The lowest BCUT2D eigenvalue weighted by molar-refractivity contribution is -0.134.